The van der Waals surface area contributed by atoms with E-state index >= 15 is 0 Å². The molecule has 0 spiro atoms. The second-order valence-electron chi connectivity index (χ2n) is 6.78. The highest BCUT2D eigenvalue weighted by Gasteiger charge is 2.11. The van der Waals surface area contributed by atoms with E-state index < -0.39 is 0 Å². The summed E-state index contributed by atoms with van der Waals surface area (Å²) in [5.41, 5.74) is 4.69. The third-order valence-corrected chi connectivity index (χ3v) is 5.80. The molecule has 0 saturated heterocycles. The summed E-state index contributed by atoms with van der Waals surface area (Å²) in [5, 5.41) is 4.10. The Kier molecular flexibility index (Phi) is 3.95. The van der Waals surface area contributed by atoms with Crippen molar-refractivity contribution in [3.8, 4) is 11.3 Å². The molecule has 4 nitrogen and oxygen atoms in total. The predicted molar refractivity (Wildman–Crippen MR) is 115 cm³/mol. The molecule has 0 saturated carbocycles. The number of hydrogen-bond donors (Lipinski definition) is 1. The van der Waals surface area contributed by atoms with Gasteiger partial charge in [0.25, 0.3) is 5.91 Å². The Morgan fingerprint density at radius 2 is 1.93 bits per heavy atom. The lowest BCUT2D eigenvalue weighted by atomic mass is 10.1. The maximum atomic E-state index is 12.7. The first-order chi connectivity index (χ1) is 13.7. The first-order valence-corrected chi connectivity index (χ1v) is 9.83. The van der Waals surface area contributed by atoms with Gasteiger partial charge in [-0.2, -0.15) is 0 Å². The van der Waals surface area contributed by atoms with Gasteiger partial charge in [0.05, 0.1) is 10.6 Å². The fourth-order valence-corrected chi connectivity index (χ4v) is 4.22. The summed E-state index contributed by atoms with van der Waals surface area (Å²) in [5.74, 6) is -0.0935. The number of aryl methyl sites for hydroxylation is 1. The zero-order chi connectivity index (χ0) is 19.1. The number of carbonyl (C=O) groups is 1. The molecule has 28 heavy (non-hydrogen) atoms. The molecule has 5 rings (SSSR count). The van der Waals surface area contributed by atoms with Crippen molar-refractivity contribution >= 4 is 38.7 Å². The molecular weight excluding hydrogens is 366 g/mol. The van der Waals surface area contributed by atoms with Crippen LogP contribution in [-0.2, 0) is 0 Å². The first kappa shape index (κ1) is 16.7. The van der Waals surface area contributed by atoms with E-state index in [-0.39, 0.29) is 5.91 Å². The van der Waals surface area contributed by atoms with Gasteiger partial charge < -0.3 is 9.72 Å². The van der Waals surface area contributed by atoms with Crippen molar-refractivity contribution in [1.82, 2.24) is 9.38 Å². The fourth-order valence-electron chi connectivity index (χ4n) is 3.27. The predicted octanol–water partition coefficient (Wildman–Crippen LogP) is 5.78. The molecule has 5 aromatic rings. The zero-order valence-corrected chi connectivity index (χ0v) is 16.0. The highest BCUT2D eigenvalue weighted by molar-refractivity contribution is 7.20. The molecular formula is C23H17N3OS. The summed E-state index contributed by atoms with van der Waals surface area (Å²) >= 11 is 1.50. The van der Waals surface area contributed by atoms with Gasteiger partial charge in [0.1, 0.15) is 5.65 Å². The van der Waals surface area contributed by atoms with E-state index in [2.05, 4.69) is 24.4 Å². The quantitative estimate of drug-likeness (QED) is 0.429. The minimum Gasteiger partial charge on any atom is -0.321 e. The number of pyridine rings is 1. The Labute approximate surface area is 166 Å². The average molecular weight is 383 g/mol. The van der Waals surface area contributed by atoms with Crippen LogP contribution in [0, 0.1) is 6.92 Å². The monoisotopic (exact) mass is 383 g/mol. The number of anilines is 1. The number of carbonyl (C=O) groups excluding carboxylic acids is 1. The van der Waals surface area contributed by atoms with Gasteiger partial charge in [0.15, 0.2) is 0 Å². The minimum atomic E-state index is -0.0935. The van der Waals surface area contributed by atoms with Gasteiger partial charge in [-0.1, -0.05) is 30.3 Å². The summed E-state index contributed by atoms with van der Waals surface area (Å²) in [4.78, 5) is 18.1. The van der Waals surface area contributed by atoms with Crippen LogP contribution in [0.4, 0.5) is 5.69 Å². The number of aromatic nitrogens is 2. The molecule has 1 N–H and O–H groups in total. The molecule has 0 fully saturated rings. The number of amides is 1. The minimum absolute atomic E-state index is 0.0935. The lowest BCUT2D eigenvalue weighted by Gasteiger charge is -2.05. The fraction of sp³-hybridized carbons (Fsp3) is 0.0435. The number of nitrogens with one attached hydrogen (secondary N) is 1. The van der Waals surface area contributed by atoms with Crippen LogP contribution < -0.4 is 5.32 Å². The number of thiophene rings is 1. The normalized spacial score (nSPS) is 11.2. The van der Waals surface area contributed by atoms with Gasteiger partial charge in [-0.05, 0) is 54.3 Å². The Balaban J connectivity index is 1.43. The first-order valence-electron chi connectivity index (χ1n) is 9.01. The molecule has 0 aliphatic rings. The van der Waals surface area contributed by atoms with Crippen molar-refractivity contribution in [2.24, 2.45) is 0 Å². The molecule has 3 aromatic heterocycles. The van der Waals surface area contributed by atoms with Crippen molar-refractivity contribution < 1.29 is 4.79 Å². The standard InChI is InChI=1S/C23H17N3OS/c1-15-9-10-26-14-19(25-22(26)11-15)16-6-4-7-18(12-16)24-23(27)21-13-17-5-2-3-8-20(17)28-21/h2-14H,1H3,(H,24,27). The molecule has 0 aliphatic heterocycles. The van der Waals surface area contributed by atoms with E-state index in [1.165, 1.54) is 16.9 Å². The molecule has 0 unspecified atom stereocenters. The van der Waals surface area contributed by atoms with Gasteiger partial charge >= 0.3 is 0 Å². The smallest absolute Gasteiger partial charge is 0.265 e. The summed E-state index contributed by atoms with van der Waals surface area (Å²) in [6, 6.07) is 21.9. The molecule has 0 bridgehead atoms. The topological polar surface area (TPSA) is 46.4 Å². The number of hydrogen-bond acceptors (Lipinski definition) is 3. The maximum Gasteiger partial charge on any atom is 0.265 e. The molecule has 136 valence electrons. The largest absolute Gasteiger partial charge is 0.321 e. The van der Waals surface area contributed by atoms with E-state index in [9.17, 15) is 4.79 Å². The van der Waals surface area contributed by atoms with Crippen LogP contribution in [0.5, 0.6) is 0 Å². The van der Waals surface area contributed by atoms with Crippen molar-refractivity contribution in [3.63, 3.8) is 0 Å². The Morgan fingerprint density at radius 1 is 1.04 bits per heavy atom. The van der Waals surface area contributed by atoms with Crippen molar-refractivity contribution in [2.45, 2.75) is 6.92 Å². The Bertz CT molecular complexity index is 1300. The van der Waals surface area contributed by atoms with E-state index in [0.29, 0.717) is 4.88 Å². The van der Waals surface area contributed by atoms with E-state index in [0.717, 1.165) is 32.7 Å². The van der Waals surface area contributed by atoms with E-state index in [4.69, 9.17) is 4.98 Å². The van der Waals surface area contributed by atoms with E-state index in [1.807, 2.05) is 71.4 Å². The number of nitrogens with zero attached hydrogens (tertiary/aromatic N) is 2. The van der Waals surface area contributed by atoms with Crippen LogP contribution in [0.25, 0.3) is 27.0 Å². The third kappa shape index (κ3) is 3.06. The number of benzene rings is 2. The summed E-state index contributed by atoms with van der Waals surface area (Å²) in [7, 11) is 0. The Hall–Kier alpha value is -3.44. The molecule has 0 radical (unpaired) electrons. The van der Waals surface area contributed by atoms with Gasteiger partial charge in [-0.15, -0.1) is 11.3 Å². The van der Waals surface area contributed by atoms with Gasteiger partial charge in [0, 0.05) is 28.3 Å². The highest BCUT2D eigenvalue weighted by Crippen LogP contribution is 2.27. The lowest BCUT2D eigenvalue weighted by molar-refractivity contribution is 0.103. The van der Waals surface area contributed by atoms with Gasteiger partial charge in [0.2, 0.25) is 0 Å². The Morgan fingerprint density at radius 3 is 2.82 bits per heavy atom. The van der Waals surface area contributed by atoms with Crippen molar-refractivity contribution in [2.75, 3.05) is 5.32 Å². The molecule has 3 heterocycles. The highest BCUT2D eigenvalue weighted by atomic mass is 32.1. The van der Waals surface area contributed by atoms with Crippen LogP contribution >= 0.6 is 11.3 Å². The maximum absolute atomic E-state index is 12.7. The molecule has 0 aliphatic carbocycles. The second-order valence-corrected chi connectivity index (χ2v) is 7.86. The zero-order valence-electron chi connectivity index (χ0n) is 15.2. The summed E-state index contributed by atoms with van der Waals surface area (Å²) < 4.78 is 3.12. The molecule has 5 heteroatoms. The summed E-state index contributed by atoms with van der Waals surface area (Å²) in [6.45, 7) is 2.05. The van der Waals surface area contributed by atoms with E-state index in [1.54, 1.807) is 0 Å². The van der Waals surface area contributed by atoms with Crippen molar-refractivity contribution in [1.29, 1.82) is 0 Å². The SMILES string of the molecule is Cc1ccn2cc(-c3cccc(NC(=O)c4cc5ccccc5s4)c3)nc2c1. The van der Waals surface area contributed by atoms with Gasteiger partial charge in [-0.3, -0.25) is 4.79 Å². The molecule has 1 amide bonds. The number of rotatable bonds is 3. The summed E-state index contributed by atoms with van der Waals surface area (Å²) in [6.07, 6.45) is 4.01. The van der Waals surface area contributed by atoms with Crippen LogP contribution in [0.2, 0.25) is 0 Å². The van der Waals surface area contributed by atoms with Crippen molar-refractivity contribution in [3.05, 3.63) is 89.6 Å². The van der Waals surface area contributed by atoms with Crippen LogP contribution in [0.3, 0.4) is 0 Å². The lowest BCUT2D eigenvalue weighted by Crippen LogP contribution is -2.09. The third-order valence-electron chi connectivity index (χ3n) is 4.68. The van der Waals surface area contributed by atoms with Gasteiger partial charge in [-0.25, -0.2) is 4.98 Å². The average Bonchev–Trinajstić information content (AvgIpc) is 3.32. The number of fused-ring (bicyclic) bond motifs is 2. The molecule has 2 aromatic carbocycles. The molecule has 0 atom stereocenters. The van der Waals surface area contributed by atoms with Crippen LogP contribution in [-0.4, -0.2) is 15.3 Å². The van der Waals surface area contributed by atoms with Crippen LogP contribution in [0.1, 0.15) is 15.2 Å². The second kappa shape index (κ2) is 6.62. The van der Waals surface area contributed by atoms with Crippen LogP contribution in [0.15, 0.2) is 79.1 Å². The number of imidazole rings is 1.